The first-order valence-electron chi connectivity index (χ1n) is 3.96. The van der Waals surface area contributed by atoms with Crippen molar-refractivity contribution in [1.82, 2.24) is 4.67 Å². The van der Waals surface area contributed by atoms with Crippen molar-refractivity contribution < 1.29 is 0 Å². The second-order valence-electron chi connectivity index (χ2n) is 3.07. The molecular formula is C8H11N2PS2. The minimum absolute atomic E-state index is 1.18. The van der Waals surface area contributed by atoms with Gasteiger partial charge in [0.2, 0.25) is 0 Å². The molecule has 1 aliphatic rings. The topological polar surface area (TPSA) is 15.3 Å². The Labute approximate surface area is 87.6 Å². The lowest BCUT2D eigenvalue weighted by Gasteiger charge is -2.22. The fraction of sp³-hybridized carbons (Fsp3) is 0.250. The highest BCUT2D eigenvalue weighted by Gasteiger charge is 2.29. The van der Waals surface area contributed by atoms with Crippen molar-refractivity contribution >= 4 is 34.4 Å². The number of nitrogens with zero attached hydrogens (tertiary/aromatic N) is 1. The minimum Gasteiger partial charge on any atom is -0.337 e. The molecule has 13 heavy (non-hydrogen) atoms. The zero-order chi connectivity index (χ0) is 9.47. The van der Waals surface area contributed by atoms with Crippen molar-refractivity contribution in [3.63, 3.8) is 0 Å². The summed E-state index contributed by atoms with van der Waals surface area (Å²) >= 11 is 7.37. The molecule has 1 N–H and O–H groups in total. The molecule has 0 spiro atoms. The molecule has 1 aromatic carbocycles. The molecule has 1 unspecified atom stereocenters. The second-order valence-corrected chi connectivity index (χ2v) is 10.2. The van der Waals surface area contributed by atoms with Gasteiger partial charge in [-0.05, 0) is 38.0 Å². The highest BCUT2D eigenvalue weighted by atomic mass is 32.9. The van der Waals surface area contributed by atoms with Crippen molar-refractivity contribution in [3.8, 4) is 0 Å². The Morgan fingerprint density at radius 3 is 2.69 bits per heavy atom. The van der Waals surface area contributed by atoms with E-state index in [0.717, 1.165) is 0 Å². The Kier molecular flexibility index (Phi) is 2.41. The molecule has 0 radical (unpaired) electrons. The zero-order valence-corrected chi connectivity index (χ0v) is 10.0. The van der Waals surface area contributed by atoms with Crippen LogP contribution in [0.15, 0.2) is 29.2 Å². The monoisotopic (exact) mass is 230 g/mol. The summed E-state index contributed by atoms with van der Waals surface area (Å²) in [6, 6.07) is 8.28. The van der Waals surface area contributed by atoms with E-state index in [9.17, 15) is 0 Å². The summed E-state index contributed by atoms with van der Waals surface area (Å²) in [7, 11) is 4.07. The van der Waals surface area contributed by atoms with E-state index >= 15 is 0 Å². The summed E-state index contributed by atoms with van der Waals surface area (Å²) in [6.45, 7) is 0. The van der Waals surface area contributed by atoms with Crippen LogP contribution < -0.4 is 5.09 Å². The highest BCUT2D eigenvalue weighted by molar-refractivity contribution is 8.71. The summed E-state index contributed by atoms with van der Waals surface area (Å²) in [6.07, 6.45) is 0. The van der Waals surface area contributed by atoms with Gasteiger partial charge in [0.05, 0.1) is 5.69 Å². The molecular weight excluding hydrogens is 219 g/mol. The number of anilines is 1. The first-order chi connectivity index (χ1) is 6.12. The maximum absolute atomic E-state index is 5.58. The van der Waals surface area contributed by atoms with Crippen LogP contribution in [0, 0.1) is 0 Å². The van der Waals surface area contributed by atoms with Crippen LogP contribution >= 0.6 is 16.9 Å². The van der Waals surface area contributed by atoms with Crippen LogP contribution in [0.3, 0.4) is 0 Å². The lowest BCUT2D eigenvalue weighted by atomic mass is 10.3. The van der Waals surface area contributed by atoms with Crippen LogP contribution in [0.1, 0.15) is 0 Å². The van der Waals surface area contributed by atoms with E-state index in [4.69, 9.17) is 11.8 Å². The predicted octanol–water partition coefficient (Wildman–Crippen LogP) is 2.99. The molecule has 0 aromatic heterocycles. The Morgan fingerprint density at radius 1 is 1.38 bits per heavy atom. The first kappa shape index (κ1) is 9.53. The lowest BCUT2D eigenvalue weighted by Crippen LogP contribution is -2.08. The summed E-state index contributed by atoms with van der Waals surface area (Å²) < 4.78 is 2.12. The van der Waals surface area contributed by atoms with E-state index in [0.29, 0.717) is 0 Å². The molecule has 1 atom stereocenters. The van der Waals surface area contributed by atoms with Crippen LogP contribution in [0.4, 0.5) is 5.69 Å². The summed E-state index contributed by atoms with van der Waals surface area (Å²) in [5.41, 5.74) is -0.406. The Morgan fingerprint density at radius 2 is 2.08 bits per heavy atom. The van der Waals surface area contributed by atoms with Gasteiger partial charge in [0.1, 0.15) is 0 Å². The van der Waals surface area contributed by atoms with Crippen LogP contribution in [-0.4, -0.2) is 18.8 Å². The van der Waals surface area contributed by atoms with Gasteiger partial charge in [-0.1, -0.05) is 23.5 Å². The first-order valence-corrected chi connectivity index (χ1v) is 8.14. The number of nitrogens with one attached hydrogen (secondary N) is 1. The number of para-hydroxylation sites is 1. The van der Waals surface area contributed by atoms with E-state index in [1.54, 1.807) is 11.4 Å². The second kappa shape index (κ2) is 3.28. The Balaban J connectivity index is 2.37. The highest BCUT2D eigenvalue weighted by Crippen LogP contribution is 2.69. The third-order valence-corrected chi connectivity index (χ3v) is 8.78. The third-order valence-electron chi connectivity index (χ3n) is 1.90. The van der Waals surface area contributed by atoms with Gasteiger partial charge in [-0.25, -0.2) is 0 Å². The number of benzene rings is 1. The standard InChI is InChI=1S/C8H11N2PS2/c1-10(2)11(12)9-7-5-3-4-6-8(7)13-11/h3-6H,1-2H3,(H,9,12). The molecule has 0 saturated heterocycles. The van der Waals surface area contributed by atoms with E-state index in [2.05, 4.69) is 21.9 Å². The molecule has 2 nitrogen and oxygen atoms in total. The Hall–Kier alpha value is -0.0200. The maximum atomic E-state index is 5.58. The van der Waals surface area contributed by atoms with E-state index in [1.807, 2.05) is 26.2 Å². The number of rotatable bonds is 1. The van der Waals surface area contributed by atoms with Crippen LogP contribution in [0.25, 0.3) is 0 Å². The average Bonchev–Trinajstić information content (AvgIpc) is 2.42. The Bertz CT molecular complexity index is 349. The molecule has 1 aromatic rings. The molecule has 2 rings (SSSR count). The van der Waals surface area contributed by atoms with E-state index in [1.165, 1.54) is 10.6 Å². The smallest absolute Gasteiger partial charge is 0.157 e. The molecule has 0 aliphatic carbocycles. The molecule has 1 aliphatic heterocycles. The maximum Gasteiger partial charge on any atom is 0.157 e. The molecule has 0 amide bonds. The van der Waals surface area contributed by atoms with Gasteiger partial charge in [0, 0.05) is 4.90 Å². The fourth-order valence-corrected chi connectivity index (χ4v) is 5.95. The van der Waals surface area contributed by atoms with Crippen molar-refractivity contribution in [2.45, 2.75) is 4.90 Å². The molecule has 0 fully saturated rings. The summed E-state index contributed by atoms with van der Waals surface area (Å²) in [4.78, 5) is 1.28. The quantitative estimate of drug-likeness (QED) is 0.746. The van der Waals surface area contributed by atoms with Crippen LogP contribution in [0.2, 0.25) is 0 Å². The molecule has 0 bridgehead atoms. The SMILES string of the molecule is CN(C)P1(=S)Nc2ccccc2S1. The van der Waals surface area contributed by atoms with Crippen molar-refractivity contribution in [2.24, 2.45) is 0 Å². The zero-order valence-electron chi connectivity index (χ0n) is 7.52. The van der Waals surface area contributed by atoms with E-state index < -0.39 is 5.54 Å². The number of hydrogen-bond donors (Lipinski definition) is 1. The van der Waals surface area contributed by atoms with Gasteiger partial charge in [0.15, 0.2) is 5.54 Å². The largest absolute Gasteiger partial charge is 0.337 e. The third kappa shape index (κ3) is 1.64. The lowest BCUT2D eigenvalue weighted by molar-refractivity contribution is 0.689. The van der Waals surface area contributed by atoms with Gasteiger partial charge in [-0.2, -0.15) is 0 Å². The molecule has 1 heterocycles. The van der Waals surface area contributed by atoms with Crippen LogP contribution in [-0.2, 0) is 11.8 Å². The summed E-state index contributed by atoms with van der Waals surface area (Å²) in [5, 5.41) is 3.43. The van der Waals surface area contributed by atoms with Gasteiger partial charge in [-0.15, -0.1) is 0 Å². The van der Waals surface area contributed by atoms with Gasteiger partial charge in [-0.3, -0.25) is 4.67 Å². The summed E-state index contributed by atoms with van der Waals surface area (Å²) in [5.74, 6) is 0. The normalized spacial score (nSPS) is 25.8. The van der Waals surface area contributed by atoms with Crippen LogP contribution in [0.5, 0.6) is 0 Å². The molecule has 70 valence electrons. The van der Waals surface area contributed by atoms with Gasteiger partial charge in [0.25, 0.3) is 0 Å². The molecule has 5 heteroatoms. The fourth-order valence-electron chi connectivity index (χ4n) is 1.13. The molecule has 0 saturated carbocycles. The van der Waals surface area contributed by atoms with Crippen molar-refractivity contribution in [2.75, 3.05) is 19.2 Å². The van der Waals surface area contributed by atoms with Gasteiger partial charge >= 0.3 is 0 Å². The van der Waals surface area contributed by atoms with Crippen molar-refractivity contribution in [1.29, 1.82) is 0 Å². The van der Waals surface area contributed by atoms with Crippen molar-refractivity contribution in [3.05, 3.63) is 24.3 Å². The minimum atomic E-state index is -1.59. The number of fused-ring (bicyclic) bond motifs is 1. The number of hydrogen-bond acceptors (Lipinski definition) is 2. The van der Waals surface area contributed by atoms with Gasteiger partial charge < -0.3 is 5.09 Å². The average molecular weight is 230 g/mol. The van der Waals surface area contributed by atoms with E-state index in [-0.39, 0.29) is 0 Å². The predicted molar refractivity (Wildman–Crippen MR) is 63.9 cm³/mol.